The monoisotopic (exact) mass is 529 g/mol. The van der Waals surface area contributed by atoms with Crippen molar-refractivity contribution < 1.29 is 18.0 Å². The molecule has 1 aliphatic rings. The van der Waals surface area contributed by atoms with E-state index in [2.05, 4.69) is 20.9 Å². The molecule has 1 unspecified atom stereocenters. The summed E-state index contributed by atoms with van der Waals surface area (Å²) in [7, 11) is -3.46. The molecule has 4 aromatic rings. The topological polar surface area (TPSA) is 122 Å². The number of hydrogen-bond acceptors (Lipinski definition) is 7. The predicted molar refractivity (Wildman–Crippen MR) is 135 cm³/mol. The minimum Gasteiger partial charge on any atom is -0.324 e. The van der Waals surface area contributed by atoms with E-state index in [0.717, 1.165) is 17.0 Å². The van der Waals surface area contributed by atoms with E-state index in [-0.39, 0.29) is 20.6 Å². The second-order valence-electron chi connectivity index (χ2n) is 7.97. The average molecular weight is 530 g/mol. The molecule has 1 atom stereocenters. The molecular weight excluding hydrogens is 510 g/mol. The number of carbonyl (C=O) groups is 2. The summed E-state index contributed by atoms with van der Waals surface area (Å²) in [6.45, 7) is 1.11. The second kappa shape index (κ2) is 9.42. The summed E-state index contributed by atoms with van der Waals surface area (Å²) < 4.78 is 28.1. The molecule has 1 fully saturated rings. The average Bonchev–Trinajstić information content (AvgIpc) is 3.60. The van der Waals surface area contributed by atoms with Crippen molar-refractivity contribution in [2.24, 2.45) is 0 Å². The number of urea groups is 1. The SMILES string of the molecule is O=C(NC(=O)c1cc(-n2cccc2)ccc1Cl)Nc1nc2ccc(S(=O)(=O)C3CCNC3)cc2s1. The highest BCUT2D eigenvalue weighted by molar-refractivity contribution is 7.92. The fourth-order valence-electron chi connectivity index (χ4n) is 3.87. The van der Waals surface area contributed by atoms with Crippen molar-refractivity contribution in [2.75, 3.05) is 18.4 Å². The van der Waals surface area contributed by atoms with Crippen LogP contribution in [0, 0.1) is 0 Å². The molecule has 9 nitrogen and oxygen atoms in total. The Balaban J connectivity index is 1.30. The van der Waals surface area contributed by atoms with Crippen molar-refractivity contribution in [3.8, 4) is 5.69 Å². The normalized spacial score (nSPS) is 15.9. The number of hydrogen-bond donors (Lipinski definition) is 3. The zero-order valence-corrected chi connectivity index (χ0v) is 20.6. The van der Waals surface area contributed by atoms with Crippen LogP contribution in [-0.4, -0.2) is 48.2 Å². The molecule has 0 radical (unpaired) electrons. The van der Waals surface area contributed by atoms with Crippen LogP contribution in [0.3, 0.4) is 0 Å². The van der Waals surface area contributed by atoms with Gasteiger partial charge in [0.05, 0.1) is 30.9 Å². The van der Waals surface area contributed by atoms with E-state index in [1.165, 1.54) is 6.07 Å². The van der Waals surface area contributed by atoms with Crippen molar-refractivity contribution in [1.82, 2.24) is 20.2 Å². The smallest absolute Gasteiger partial charge is 0.324 e. The van der Waals surface area contributed by atoms with E-state index in [0.29, 0.717) is 29.7 Å². The number of amides is 3. The van der Waals surface area contributed by atoms with E-state index in [1.54, 1.807) is 30.3 Å². The third-order valence-corrected chi connectivity index (χ3v) is 9.14. The number of imide groups is 1. The minimum absolute atomic E-state index is 0.147. The number of sulfone groups is 1. The van der Waals surface area contributed by atoms with Crippen LogP contribution in [0.25, 0.3) is 15.9 Å². The fourth-order valence-corrected chi connectivity index (χ4v) is 6.74. The highest BCUT2D eigenvalue weighted by Crippen LogP contribution is 2.30. The molecular formula is C23H20ClN5O4S2. The molecule has 35 heavy (non-hydrogen) atoms. The van der Waals surface area contributed by atoms with Crippen molar-refractivity contribution in [3.63, 3.8) is 0 Å². The molecule has 12 heteroatoms. The molecule has 3 amide bonds. The summed E-state index contributed by atoms with van der Waals surface area (Å²) in [5, 5.41) is 7.85. The number of fused-ring (bicyclic) bond motifs is 1. The standard InChI is InChI=1S/C23H20ClN5O4S2/c24-18-5-3-14(29-9-1-2-10-29)11-17(18)21(30)27-22(31)28-23-26-19-6-4-15(12-20(19)34-23)35(32,33)16-7-8-25-13-16/h1-6,9-12,16,25H,7-8,13H2,(H2,26,27,28,30,31). The fraction of sp³-hybridized carbons (Fsp3) is 0.174. The summed E-state index contributed by atoms with van der Waals surface area (Å²) in [6, 6.07) is 12.6. The first-order valence-electron chi connectivity index (χ1n) is 10.7. The number of aromatic nitrogens is 2. The van der Waals surface area contributed by atoms with Gasteiger partial charge in [0.2, 0.25) is 0 Å². The number of anilines is 1. The Labute approximate surface area is 210 Å². The molecule has 3 N–H and O–H groups in total. The molecule has 0 spiro atoms. The number of rotatable bonds is 5. The van der Waals surface area contributed by atoms with Crippen molar-refractivity contribution >= 4 is 60.1 Å². The minimum atomic E-state index is -3.46. The van der Waals surface area contributed by atoms with Crippen LogP contribution in [-0.2, 0) is 9.84 Å². The Morgan fingerprint density at radius 1 is 1.14 bits per heavy atom. The molecule has 1 aliphatic heterocycles. The summed E-state index contributed by atoms with van der Waals surface area (Å²) in [5.41, 5.74) is 1.41. The lowest BCUT2D eigenvalue weighted by Gasteiger charge is -2.10. The number of nitrogens with zero attached hydrogens (tertiary/aromatic N) is 2. The molecule has 1 saturated heterocycles. The van der Waals surface area contributed by atoms with E-state index in [1.807, 2.05) is 29.1 Å². The van der Waals surface area contributed by atoms with E-state index in [4.69, 9.17) is 11.6 Å². The van der Waals surface area contributed by atoms with Gasteiger partial charge < -0.3 is 9.88 Å². The Morgan fingerprint density at radius 3 is 2.69 bits per heavy atom. The van der Waals surface area contributed by atoms with Gasteiger partial charge in [0.25, 0.3) is 5.91 Å². The third kappa shape index (κ3) is 4.80. The lowest BCUT2D eigenvalue weighted by molar-refractivity contribution is 0.0967. The largest absolute Gasteiger partial charge is 0.327 e. The van der Waals surface area contributed by atoms with E-state index < -0.39 is 27.0 Å². The van der Waals surface area contributed by atoms with Gasteiger partial charge in [-0.1, -0.05) is 22.9 Å². The Morgan fingerprint density at radius 2 is 1.94 bits per heavy atom. The van der Waals surface area contributed by atoms with Crippen LogP contribution in [0.1, 0.15) is 16.8 Å². The molecule has 3 heterocycles. The predicted octanol–water partition coefficient (Wildman–Crippen LogP) is 3.84. The molecule has 2 aromatic carbocycles. The molecule has 0 saturated carbocycles. The van der Waals surface area contributed by atoms with Gasteiger partial charge in [-0.05, 0) is 61.5 Å². The van der Waals surface area contributed by atoms with Gasteiger partial charge in [-0.2, -0.15) is 0 Å². The van der Waals surface area contributed by atoms with Crippen LogP contribution in [0.15, 0.2) is 65.8 Å². The van der Waals surface area contributed by atoms with Gasteiger partial charge in [-0.25, -0.2) is 18.2 Å². The zero-order valence-electron chi connectivity index (χ0n) is 18.2. The summed E-state index contributed by atoms with van der Waals surface area (Å²) >= 11 is 7.30. The van der Waals surface area contributed by atoms with Gasteiger partial charge in [0.15, 0.2) is 15.0 Å². The number of thiazole rings is 1. The summed E-state index contributed by atoms with van der Waals surface area (Å²) in [6.07, 6.45) is 4.22. The van der Waals surface area contributed by atoms with Crippen molar-refractivity contribution in [1.29, 1.82) is 0 Å². The molecule has 0 bridgehead atoms. The molecule has 5 rings (SSSR count). The Hall–Kier alpha value is -3.25. The lowest BCUT2D eigenvalue weighted by atomic mass is 10.2. The summed E-state index contributed by atoms with van der Waals surface area (Å²) in [4.78, 5) is 29.7. The second-order valence-corrected chi connectivity index (χ2v) is 11.6. The third-order valence-electron chi connectivity index (χ3n) is 5.69. The van der Waals surface area contributed by atoms with Gasteiger partial charge >= 0.3 is 6.03 Å². The molecule has 0 aliphatic carbocycles. The first-order valence-corrected chi connectivity index (χ1v) is 13.5. The molecule has 180 valence electrons. The number of carbonyl (C=O) groups excluding carboxylic acids is 2. The Kier molecular flexibility index (Phi) is 6.32. The zero-order chi connectivity index (χ0) is 24.6. The molecule has 2 aromatic heterocycles. The van der Waals surface area contributed by atoms with Crippen molar-refractivity contribution in [3.05, 3.63) is 71.5 Å². The first-order chi connectivity index (χ1) is 16.8. The van der Waals surface area contributed by atoms with Crippen LogP contribution < -0.4 is 16.0 Å². The summed E-state index contributed by atoms with van der Waals surface area (Å²) in [5.74, 6) is -0.666. The maximum Gasteiger partial charge on any atom is 0.327 e. The maximum atomic E-state index is 12.9. The van der Waals surface area contributed by atoms with E-state index >= 15 is 0 Å². The number of benzene rings is 2. The van der Waals surface area contributed by atoms with Gasteiger partial charge in [0.1, 0.15) is 0 Å². The quantitative estimate of drug-likeness (QED) is 0.361. The Bertz CT molecular complexity index is 1530. The highest BCUT2D eigenvalue weighted by Gasteiger charge is 2.30. The van der Waals surface area contributed by atoms with Crippen molar-refractivity contribution in [2.45, 2.75) is 16.6 Å². The van der Waals surface area contributed by atoms with Crippen LogP contribution in [0.2, 0.25) is 5.02 Å². The number of halogens is 1. The van der Waals surface area contributed by atoms with Gasteiger partial charge in [-0.15, -0.1) is 0 Å². The van der Waals surface area contributed by atoms with Gasteiger partial charge in [-0.3, -0.25) is 15.4 Å². The maximum absolute atomic E-state index is 12.9. The van der Waals surface area contributed by atoms with Crippen LogP contribution in [0.4, 0.5) is 9.93 Å². The van der Waals surface area contributed by atoms with Gasteiger partial charge in [0, 0.05) is 24.6 Å². The van der Waals surface area contributed by atoms with Crippen LogP contribution in [0.5, 0.6) is 0 Å². The lowest BCUT2D eigenvalue weighted by Crippen LogP contribution is -2.34. The highest BCUT2D eigenvalue weighted by atomic mass is 35.5. The number of nitrogens with one attached hydrogen (secondary N) is 3. The first kappa shape index (κ1) is 23.5. The van der Waals surface area contributed by atoms with E-state index in [9.17, 15) is 18.0 Å². The van der Waals surface area contributed by atoms with Crippen LogP contribution >= 0.6 is 22.9 Å².